The highest BCUT2D eigenvalue weighted by molar-refractivity contribution is 7.99. The predicted octanol–water partition coefficient (Wildman–Crippen LogP) is 2.68. The fourth-order valence-electron chi connectivity index (χ4n) is 2.28. The van der Waals surface area contributed by atoms with Crippen LogP contribution in [0.5, 0.6) is 0 Å². The Kier molecular flexibility index (Phi) is 4.06. The Hall–Kier alpha value is -1.49. The van der Waals surface area contributed by atoms with E-state index >= 15 is 0 Å². The molecule has 21 heavy (non-hydrogen) atoms. The van der Waals surface area contributed by atoms with Gasteiger partial charge in [-0.25, -0.2) is 4.79 Å². The van der Waals surface area contributed by atoms with Crippen molar-refractivity contribution in [3.05, 3.63) is 29.3 Å². The minimum absolute atomic E-state index is 0.301. The van der Waals surface area contributed by atoms with Crippen LogP contribution in [0.2, 0.25) is 0 Å². The van der Waals surface area contributed by atoms with E-state index in [-0.39, 0.29) is 6.09 Å². The lowest BCUT2D eigenvalue weighted by molar-refractivity contribution is 0.0224. The Morgan fingerprint density at radius 2 is 2.00 bits per heavy atom. The van der Waals surface area contributed by atoms with Gasteiger partial charge in [0.15, 0.2) is 0 Å². The maximum Gasteiger partial charge on any atom is 0.410 e. The lowest BCUT2D eigenvalue weighted by Gasteiger charge is -2.31. The van der Waals surface area contributed by atoms with Crippen LogP contribution in [0, 0.1) is 0 Å². The van der Waals surface area contributed by atoms with E-state index in [9.17, 15) is 9.00 Å². The van der Waals surface area contributed by atoms with Gasteiger partial charge in [-0.15, -0.1) is 0 Å². The highest BCUT2D eigenvalue weighted by atomic mass is 32.2. The van der Waals surface area contributed by atoms with Gasteiger partial charge in [0.05, 0.1) is 0 Å². The first kappa shape index (κ1) is 15.9. The third-order valence-electron chi connectivity index (χ3n) is 3.34. The lowest BCUT2D eigenvalue weighted by Crippen LogP contribution is -2.39. The molecular weight excluding hydrogens is 286 g/mol. The third-order valence-corrected chi connectivity index (χ3v) is 4.59. The van der Waals surface area contributed by atoms with Crippen molar-refractivity contribution >= 4 is 21.5 Å². The van der Waals surface area contributed by atoms with Crippen molar-refractivity contribution in [3.63, 3.8) is 0 Å². The molecule has 4 nitrogen and oxygen atoms in total. The molecule has 1 aliphatic rings. The predicted molar refractivity (Wildman–Crippen MR) is 86.2 cm³/mol. The van der Waals surface area contributed by atoms with Crippen LogP contribution < -0.4 is 0 Å². The maximum atomic E-state index is 12.1. The zero-order valence-corrected chi connectivity index (χ0v) is 14.0. The van der Waals surface area contributed by atoms with E-state index in [1.54, 1.807) is 11.2 Å². The van der Waals surface area contributed by atoms with Crippen molar-refractivity contribution in [2.45, 2.75) is 44.2 Å². The van der Waals surface area contributed by atoms with Crippen molar-refractivity contribution in [2.24, 2.45) is 0 Å². The lowest BCUT2D eigenvalue weighted by atomic mass is 10.0. The van der Waals surface area contributed by atoms with E-state index in [2.05, 4.69) is 5.87 Å². The molecule has 0 saturated carbocycles. The summed E-state index contributed by atoms with van der Waals surface area (Å²) >= 11 is 0. The number of amides is 1. The molecular formula is C16H23NO3S. The molecule has 0 fully saturated rings. The molecule has 0 bridgehead atoms. The van der Waals surface area contributed by atoms with Gasteiger partial charge in [0.25, 0.3) is 0 Å². The first-order valence-electron chi connectivity index (χ1n) is 6.98. The average Bonchev–Trinajstić information content (AvgIpc) is 2.34. The normalized spacial score (nSPS) is 17.8. The standard InChI is InChI=1S/C16H23NO3S/c1-16(2,3)20-15(18)17-9-8-12-6-7-14(21(4,5)19)10-13(12)11-17/h6-7,10H,4,8-9,11H2,1-3,5H3. The van der Waals surface area contributed by atoms with Gasteiger partial charge in [-0.05, 0) is 65.8 Å². The van der Waals surface area contributed by atoms with Crippen molar-refractivity contribution in [1.29, 1.82) is 0 Å². The molecule has 116 valence electrons. The largest absolute Gasteiger partial charge is 0.444 e. The molecule has 0 N–H and O–H groups in total. The highest BCUT2D eigenvalue weighted by Gasteiger charge is 2.25. The molecule has 1 aromatic carbocycles. The molecule has 1 atom stereocenters. The van der Waals surface area contributed by atoms with Crippen LogP contribution in [0.15, 0.2) is 23.1 Å². The Bertz CT molecular complexity index is 657. The van der Waals surface area contributed by atoms with Crippen LogP contribution in [0.4, 0.5) is 4.79 Å². The van der Waals surface area contributed by atoms with E-state index < -0.39 is 15.1 Å². The van der Waals surface area contributed by atoms with E-state index in [0.717, 1.165) is 16.9 Å². The molecule has 1 heterocycles. The van der Waals surface area contributed by atoms with E-state index in [4.69, 9.17) is 4.74 Å². The summed E-state index contributed by atoms with van der Waals surface area (Å²) in [5, 5.41) is 0. The highest BCUT2D eigenvalue weighted by Crippen LogP contribution is 2.24. The second-order valence-electron chi connectivity index (χ2n) is 6.59. The van der Waals surface area contributed by atoms with Crippen molar-refractivity contribution in [3.8, 4) is 0 Å². The van der Waals surface area contributed by atoms with Gasteiger partial charge in [0.1, 0.15) is 5.60 Å². The quantitative estimate of drug-likeness (QED) is 0.749. The van der Waals surface area contributed by atoms with Gasteiger partial charge in [0.2, 0.25) is 0 Å². The molecule has 1 aliphatic heterocycles. The Labute approximate surface area is 127 Å². The number of hydrogen-bond donors (Lipinski definition) is 0. The number of carbonyl (C=O) groups is 1. The van der Waals surface area contributed by atoms with Gasteiger partial charge >= 0.3 is 6.09 Å². The summed E-state index contributed by atoms with van der Waals surface area (Å²) in [6, 6.07) is 5.77. The molecule has 5 heteroatoms. The van der Waals surface area contributed by atoms with Crippen LogP contribution in [0.25, 0.3) is 0 Å². The first-order chi connectivity index (χ1) is 9.56. The summed E-state index contributed by atoms with van der Waals surface area (Å²) in [6.45, 7) is 6.71. The Morgan fingerprint density at radius 3 is 2.57 bits per heavy atom. The number of ether oxygens (including phenoxy) is 1. The van der Waals surface area contributed by atoms with Crippen LogP contribution in [-0.2, 0) is 27.2 Å². The number of fused-ring (bicyclic) bond motifs is 1. The van der Waals surface area contributed by atoms with E-state index in [1.165, 1.54) is 5.56 Å². The minimum atomic E-state index is -2.24. The molecule has 0 saturated heterocycles. The summed E-state index contributed by atoms with van der Waals surface area (Å²) in [4.78, 5) is 14.6. The summed E-state index contributed by atoms with van der Waals surface area (Å²) in [6.07, 6.45) is 2.12. The van der Waals surface area contributed by atoms with Crippen molar-refractivity contribution in [2.75, 3.05) is 12.8 Å². The number of rotatable bonds is 1. The number of benzene rings is 1. The monoisotopic (exact) mass is 309 g/mol. The van der Waals surface area contributed by atoms with Gasteiger partial charge in [-0.3, -0.25) is 4.21 Å². The molecule has 1 amide bonds. The van der Waals surface area contributed by atoms with E-state index in [1.807, 2.05) is 39.0 Å². The van der Waals surface area contributed by atoms with Gasteiger partial charge in [-0.1, -0.05) is 6.07 Å². The SMILES string of the molecule is C=S(C)(=O)c1ccc2c(c1)CN(C(=O)OC(C)(C)C)CC2. The van der Waals surface area contributed by atoms with Crippen LogP contribution in [-0.4, -0.2) is 39.5 Å². The number of hydrogen-bond acceptors (Lipinski definition) is 3. The molecule has 1 aromatic rings. The fraction of sp³-hybridized carbons (Fsp3) is 0.500. The van der Waals surface area contributed by atoms with Gasteiger partial charge < -0.3 is 9.64 Å². The Balaban J connectivity index is 2.21. The Morgan fingerprint density at radius 1 is 1.33 bits per heavy atom. The minimum Gasteiger partial charge on any atom is -0.444 e. The zero-order valence-electron chi connectivity index (χ0n) is 13.1. The molecule has 1 unspecified atom stereocenters. The molecule has 0 spiro atoms. The average molecular weight is 309 g/mol. The smallest absolute Gasteiger partial charge is 0.410 e. The summed E-state index contributed by atoms with van der Waals surface area (Å²) in [5.41, 5.74) is 1.73. The summed E-state index contributed by atoms with van der Waals surface area (Å²) in [5.74, 6) is 3.71. The summed E-state index contributed by atoms with van der Waals surface area (Å²) < 4.78 is 17.5. The maximum absolute atomic E-state index is 12.1. The third kappa shape index (κ3) is 4.00. The fourth-order valence-corrected chi connectivity index (χ4v) is 3.03. The topological polar surface area (TPSA) is 46.6 Å². The molecule has 0 radical (unpaired) electrons. The van der Waals surface area contributed by atoms with Gasteiger partial charge in [0, 0.05) is 24.2 Å². The molecule has 2 rings (SSSR count). The number of carbonyl (C=O) groups excluding carboxylic acids is 1. The number of nitrogens with zero attached hydrogens (tertiary/aromatic N) is 1. The van der Waals surface area contributed by atoms with Crippen molar-refractivity contribution < 1.29 is 13.7 Å². The second kappa shape index (κ2) is 5.37. The summed E-state index contributed by atoms with van der Waals surface area (Å²) in [7, 11) is -2.24. The molecule has 0 aliphatic carbocycles. The van der Waals surface area contributed by atoms with Crippen LogP contribution in [0.1, 0.15) is 31.9 Å². The van der Waals surface area contributed by atoms with E-state index in [0.29, 0.717) is 13.1 Å². The van der Waals surface area contributed by atoms with Crippen molar-refractivity contribution in [1.82, 2.24) is 4.90 Å². The van der Waals surface area contributed by atoms with Crippen LogP contribution >= 0.6 is 0 Å². The van der Waals surface area contributed by atoms with Gasteiger partial charge in [-0.2, -0.15) is 0 Å². The zero-order chi connectivity index (χ0) is 15.8. The first-order valence-corrected chi connectivity index (χ1v) is 9.12. The molecule has 0 aromatic heterocycles. The second-order valence-corrected chi connectivity index (χ2v) is 9.07. The van der Waals surface area contributed by atoms with Crippen LogP contribution in [0.3, 0.4) is 0 Å².